The minimum atomic E-state index is -0.361. The van der Waals surface area contributed by atoms with Crippen LogP contribution < -0.4 is 5.73 Å². The lowest BCUT2D eigenvalue weighted by atomic mass is 9.96. The van der Waals surface area contributed by atoms with Crippen molar-refractivity contribution in [2.75, 3.05) is 6.54 Å². The van der Waals surface area contributed by atoms with E-state index in [0.717, 1.165) is 16.7 Å². The molecule has 1 atom stereocenters. The van der Waals surface area contributed by atoms with Crippen LogP contribution in [-0.4, -0.2) is 27.3 Å². The molecule has 1 unspecified atom stereocenters. The van der Waals surface area contributed by atoms with Gasteiger partial charge in [0.05, 0.1) is 12.6 Å². The third-order valence-corrected chi connectivity index (χ3v) is 4.22. The average molecular weight is 346 g/mol. The van der Waals surface area contributed by atoms with E-state index in [2.05, 4.69) is 40.0 Å². The number of carbonyl (C=O) groups excluding carboxylic acids is 1. The van der Waals surface area contributed by atoms with E-state index in [1.807, 2.05) is 36.5 Å². The zero-order chi connectivity index (χ0) is 18.4. The molecule has 26 heavy (non-hydrogen) atoms. The fourth-order valence-corrected chi connectivity index (χ4v) is 3.15. The number of pyridine rings is 2. The number of benzene rings is 1. The van der Waals surface area contributed by atoms with Crippen molar-refractivity contribution >= 4 is 5.91 Å². The molecule has 132 valence electrons. The summed E-state index contributed by atoms with van der Waals surface area (Å²) in [7, 11) is 0. The number of rotatable bonds is 7. The van der Waals surface area contributed by atoms with Crippen LogP contribution in [-0.2, 0) is 11.3 Å². The van der Waals surface area contributed by atoms with Gasteiger partial charge in [-0.3, -0.25) is 19.7 Å². The molecule has 5 heteroatoms. The Morgan fingerprint density at radius 2 is 1.81 bits per heavy atom. The Labute approximate surface area is 153 Å². The number of aromatic nitrogens is 2. The monoisotopic (exact) mass is 346 g/mol. The molecule has 0 fully saturated rings. The van der Waals surface area contributed by atoms with E-state index in [1.54, 1.807) is 18.6 Å². The van der Waals surface area contributed by atoms with Crippen molar-refractivity contribution in [2.24, 2.45) is 5.73 Å². The Morgan fingerprint density at radius 3 is 2.46 bits per heavy atom. The molecule has 0 radical (unpaired) electrons. The summed E-state index contributed by atoms with van der Waals surface area (Å²) >= 11 is 0. The van der Waals surface area contributed by atoms with Gasteiger partial charge in [0, 0.05) is 31.3 Å². The number of hydrogen-bond donors (Lipinski definition) is 1. The van der Waals surface area contributed by atoms with E-state index >= 15 is 0 Å². The molecule has 0 bridgehead atoms. The minimum absolute atomic E-state index is 0.121. The highest BCUT2D eigenvalue weighted by Gasteiger charge is 2.24. The van der Waals surface area contributed by atoms with Crippen molar-refractivity contribution in [3.05, 3.63) is 95.6 Å². The number of amides is 1. The van der Waals surface area contributed by atoms with E-state index in [-0.39, 0.29) is 18.5 Å². The van der Waals surface area contributed by atoms with Gasteiger partial charge in [-0.2, -0.15) is 0 Å². The lowest BCUT2D eigenvalue weighted by Crippen LogP contribution is -2.37. The SMILES string of the molecule is Cc1cccc(C(c2cccnc2)N(CC(N)=O)Cc2ccncc2)c1. The lowest BCUT2D eigenvalue weighted by molar-refractivity contribution is -0.119. The van der Waals surface area contributed by atoms with Gasteiger partial charge in [-0.15, -0.1) is 0 Å². The van der Waals surface area contributed by atoms with Gasteiger partial charge in [0.1, 0.15) is 0 Å². The fraction of sp³-hybridized carbons (Fsp3) is 0.190. The summed E-state index contributed by atoms with van der Waals surface area (Å²) in [6.07, 6.45) is 7.10. The smallest absolute Gasteiger partial charge is 0.231 e. The van der Waals surface area contributed by atoms with Crippen LogP contribution in [0.2, 0.25) is 0 Å². The van der Waals surface area contributed by atoms with Crippen LogP contribution in [0.25, 0.3) is 0 Å². The summed E-state index contributed by atoms with van der Waals surface area (Å²) < 4.78 is 0. The normalized spacial score (nSPS) is 12.1. The lowest BCUT2D eigenvalue weighted by Gasteiger charge is -2.31. The Hall–Kier alpha value is -3.05. The van der Waals surface area contributed by atoms with Crippen molar-refractivity contribution in [1.29, 1.82) is 0 Å². The van der Waals surface area contributed by atoms with E-state index in [9.17, 15) is 4.79 Å². The molecule has 1 aromatic carbocycles. The number of aryl methyl sites for hydroxylation is 1. The van der Waals surface area contributed by atoms with Crippen LogP contribution >= 0.6 is 0 Å². The number of primary amides is 1. The Morgan fingerprint density at radius 1 is 1.04 bits per heavy atom. The zero-order valence-corrected chi connectivity index (χ0v) is 14.7. The van der Waals surface area contributed by atoms with Crippen molar-refractivity contribution in [1.82, 2.24) is 14.9 Å². The third-order valence-electron chi connectivity index (χ3n) is 4.22. The van der Waals surface area contributed by atoms with Gasteiger partial charge < -0.3 is 5.73 Å². The highest BCUT2D eigenvalue weighted by atomic mass is 16.1. The van der Waals surface area contributed by atoms with Gasteiger partial charge in [-0.1, -0.05) is 35.9 Å². The van der Waals surface area contributed by atoms with Gasteiger partial charge in [0.15, 0.2) is 0 Å². The van der Waals surface area contributed by atoms with Crippen LogP contribution in [0.15, 0.2) is 73.3 Å². The first-order valence-corrected chi connectivity index (χ1v) is 8.51. The van der Waals surface area contributed by atoms with Gasteiger partial charge in [0.2, 0.25) is 5.91 Å². The summed E-state index contributed by atoms with van der Waals surface area (Å²) in [6.45, 7) is 2.79. The van der Waals surface area contributed by atoms with Gasteiger partial charge >= 0.3 is 0 Å². The number of nitrogens with two attached hydrogens (primary N) is 1. The number of hydrogen-bond acceptors (Lipinski definition) is 4. The maximum absolute atomic E-state index is 11.8. The largest absolute Gasteiger partial charge is 0.369 e. The molecule has 0 aliphatic heterocycles. The summed E-state index contributed by atoms with van der Waals surface area (Å²) in [5.74, 6) is -0.361. The molecule has 3 rings (SSSR count). The first-order chi connectivity index (χ1) is 12.6. The molecule has 2 heterocycles. The van der Waals surface area contributed by atoms with E-state index in [1.165, 1.54) is 5.56 Å². The Balaban J connectivity index is 2.04. The molecule has 0 aliphatic rings. The van der Waals surface area contributed by atoms with Crippen molar-refractivity contribution in [3.8, 4) is 0 Å². The highest BCUT2D eigenvalue weighted by Crippen LogP contribution is 2.30. The van der Waals surface area contributed by atoms with Crippen LogP contribution in [0.3, 0.4) is 0 Å². The molecule has 3 aromatic rings. The predicted molar refractivity (Wildman–Crippen MR) is 101 cm³/mol. The van der Waals surface area contributed by atoms with Crippen LogP contribution in [0.5, 0.6) is 0 Å². The minimum Gasteiger partial charge on any atom is -0.369 e. The van der Waals surface area contributed by atoms with E-state index in [0.29, 0.717) is 6.54 Å². The van der Waals surface area contributed by atoms with Crippen molar-refractivity contribution in [2.45, 2.75) is 19.5 Å². The first kappa shape index (κ1) is 17.8. The summed E-state index contributed by atoms with van der Waals surface area (Å²) in [6, 6.07) is 16.0. The number of carbonyl (C=O) groups is 1. The highest BCUT2D eigenvalue weighted by molar-refractivity contribution is 5.76. The second-order valence-corrected chi connectivity index (χ2v) is 6.33. The predicted octanol–water partition coefficient (Wildman–Crippen LogP) is 2.86. The molecule has 0 aliphatic carbocycles. The topological polar surface area (TPSA) is 72.1 Å². The molecule has 2 N–H and O–H groups in total. The van der Waals surface area contributed by atoms with Gasteiger partial charge in [-0.05, 0) is 41.8 Å². The molecular formula is C21H22N4O. The van der Waals surface area contributed by atoms with Crippen LogP contribution in [0.4, 0.5) is 0 Å². The second kappa shape index (κ2) is 8.36. The molecule has 2 aromatic heterocycles. The molecular weight excluding hydrogens is 324 g/mol. The molecule has 0 spiro atoms. The maximum Gasteiger partial charge on any atom is 0.231 e. The number of nitrogens with zero attached hydrogens (tertiary/aromatic N) is 3. The van der Waals surface area contributed by atoms with E-state index < -0.39 is 0 Å². The average Bonchev–Trinajstić information content (AvgIpc) is 2.63. The van der Waals surface area contributed by atoms with Crippen LogP contribution in [0, 0.1) is 6.92 Å². The maximum atomic E-state index is 11.8. The third kappa shape index (κ3) is 4.52. The first-order valence-electron chi connectivity index (χ1n) is 8.51. The fourth-order valence-electron chi connectivity index (χ4n) is 3.15. The standard InChI is InChI=1S/C21H22N4O/c1-16-4-2-5-18(12-16)21(19-6-3-9-24-13-19)25(15-20(22)26)14-17-7-10-23-11-8-17/h2-13,21H,14-15H2,1H3,(H2,22,26). The summed E-state index contributed by atoms with van der Waals surface area (Å²) in [5.41, 5.74) is 9.93. The quantitative estimate of drug-likeness (QED) is 0.714. The Kier molecular flexibility index (Phi) is 5.71. The molecule has 1 amide bonds. The Bertz CT molecular complexity index is 852. The molecule has 5 nitrogen and oxygen atoms in total. The molecule has 0 saturated heterocycles. The van der Waals surface area contributed by atoms with Gasteiger partial charge in [-0.25, -0.2) is 0 Å². The van der Waals surface area contributed by atoms with E-state index in [4.69, 9.17) is 5.73 Å². The van der Waals surface area contributed by atoms with Crippen molar-refractivity contribution < 1.29 is 4.79 Å². The second-order valence-electron chi connectivity index (χ2n) is 6.33. The summed E-state index contributed by atoms with van der Waals surface area (Å²) in [4.78, 5) is 22.2. The van der Waals surface area contributed by atoms with Gasteiger partial charge in [0.25, 0.3) is 0 Å². The van der Waals surface area contributed by atoms with Crippen LogP contribution in [0.1, 0.15) is 28.3 Å². The molecule has 0 saturated carbocycles. The van der Waals surface area contributed by atoms with Crippen molar-refractivity contribution in [3.63, 3.8) is 0 Å². The summed E-state index contributed by atoms with van der Waals surface area (Å²) in [5, 5.41) is 0. The zero-order valence-electron chi connectivity index (χ0n) is 14.7.